The number of furan rings is 2. The highest BCUT2D eigenvalue weighted by atomic mass is 16.3. The number of benzene rings is 7. The summed E-state index contributed by atoms with van der Waals surface area (Å²) in [5.74, 6) is 1.76. The number of hydrogen-bond acceptors (Lipinski definition) is 5. The van der Waals surface area contributed by atoms with Gasteiger partial charge in [-0.3, -0.25) is 0 Å². The van der Waals surface area contributed by atoms with Crippen molar-refractivity contribution in [2.24, 2.45) is 0 Å². The van der Waals surface area contributed by atoms with Gasteiger partial charge in [0.1, 0.15) is 22.3 Å². The first-order valence-electron chi connectivity index (χ1n) is 19.0. The minimum atomic E-state index is 0.0994. The first-order chi connectivity index (χ1) is 27.7. The number of hydrogen-bond donors (Lipinski definition) is 0. The highest BCUT2D eigenvalue weighted by molar-refractivity contribution is 6.10. The van der Waals surface area contributed by atoms with Crippen molar-refractivity contribution >= 4 is 49.5 Å². The lowest BCUT2D eigenvalue weighted by molar-refractivity contribution is 0.669. The maximum absolute atomic E-state index is 6.53. The molecule has 0 saturated carbocycles. The molecule has 5 heteroatoms. The van der Waals surface area contributed by atoms with Crippen molar-refractivity contribution in [2.45, 2.75) is 12.3 Å². The van der Waals surface area contributed by atoms with Gasteiger partial charge in [-0.1, -0.05) is 152 Å². The molecule has 0 N–H and O–H groups in total. The molecule has 1 aliphatic carbocycles. The van der Waals surface area contributed by atoms with Crippen molar-refractivity contribution in [1.29, 1.82) is 0 Å². The van der Waals surface area contributed by atoms with Gasteiger partial charge in [0.15, 0.2) is 17.5 Å². The summed E-state index contributed by atoms with van der Waals surface area (Å²) in [6, 6.07) is 56.4. The molecule has 0 saturated heterocycles. The Morgan fingerprint density at radius 3 is 1.52 bits per heavy atom. The largest absolute Gasteiger partial charge is 0.455 e. The Morgan fingerprint density at radius 2 is 0.946 bits per heavy atom. The lowest BCUT2D eigenvalue weighted by Gasteiger charge is -2.21. The fourth-order valence-corrected chi connectivity index (χ4v) is 8.16. The Hall–Kier alpha value is -7.37. The van der Waals surface area contributed by atoms with Crippen LogP contribution >= 0.6 is 0 Å². The zero-order chi connectivity index (χ0) is 37.0. The van der Waals surface area contributed by atoms with Crippen molar-refractivity contribution in [3.05, 3.63) is 193 Å². The summed E-state index contributed by atoms with van der Waals surface area (Å²) < 4.78 is 13.1. The standard InChI is InChI=1S/C51H33N3O2/c1-3-13-32(14-4-1)34-25-27-35(28-26-34)44-31-36(33-15-5-2-6-16-33)29-30-41(44)49-52-50(42-21-11-19-39-37-17-7-9-23-45(37)55-47(39)42)54-51(53-49)43-22-12-20-40-38-18-8-10-24-46(38)56-48(40)43/h1-27,29-31,35H,28H2. The van der Waals surface area contributed by atoms with Crippen molar-refractivity contribution in [2.75, 3.05) is 0 Å². The number of nitrogens with zero attached hydrogens (tertiary/aromatic N) is 3. The summed E-state index contributed by atoms with van der Waals surface area (Å²) in [6.45, 7) is 0. The van der Waals surface area contributed by atoms with Gasteiger partial charge in [-0.2, -0.15) is 0 Å². The fourth-order valence-electron chi connectivity index (χ4n) is 8.16. The van der Waals surface area contributed by atoms with E-state index < -0.39 is 0 Å². The van der Waals surface area contributed by atoms with Crippen molar-refractivity contribution < 1.29 is 8.83 Å². The number of fused-ring (bicyclic) bond motifs is 6. The van der Waals surface area contributed by atoms with E-state index in [9.17, 15) is 0 Å². The van der Waals surface area contributed by atoms with Crippen LogP contribution in [0.4, 0.5) is 0 Å². The Kier molecular flexibility index (Phi) is 7.56. The molecule has 0 amide bonds. The minimum Gasteiger partial charge on any atom is -0.455 e. The van der Waals surface area contributed by atoms with E-state index in [0.717, 1.165) is 83.7 Å². The van der Waals surface area contributed by atoms with Crippen LogP contribution in [0.5, 0.6) is 0 Å². The smallest absolute Gasteiger partial charge is 0.167 e. The van der Waals surface area contributed by atoms with Crippen LogP contribution in [0.2, 0.25) is 0 Å². The van der Waals surface area contributed by atoms with Gasteiger partial charge in [-0.15, -0.1) is 0 Å². The molecule has 3 heterocycles. The number of aromatic nitrogens is 3. The molecular formula is C51H33N3O2. The Balaban J connectivity index is 1.14. The maximum atomic E-state index is 6.53. The number of allylic oxidation sites excluding steroid dienone is 4. The van der Waals surface area contributed by atoms with E-state index in [2.05, 4.69) is 121 Å². The van der Waals surface area contributed by atoms with Crippen molar-refractivity contribution in [3.63, 3.8) is 0 Å². The molecule has 0 fully saturated rings. The molecule has 0 radical (unpaired) electrons. The van der Waals surface area contributed by atoms with E-state index in [4.69, 9.17) is 23.8 Å². The van der Waals surface area contributed by atoms with E-state index in [1.807, 2.05) is 60.7 Å². The quantitative estimate of drug-likeness (QED) is 0.171. The zero-order valence-corrected chi connectivity index (χ0v) is 30.3. The fraction of sp³-hybridized carbons (Fsp3) is 0.0392. The third-order valence-electron chi connectivity index (χ3n) is 10.9. The molecule has 56 heavy (non-hydrogen) atoms. The SMILES string of the molecule is C1=CC(c2cc(-c3ccccc3)ccc2-c2nc(-c3cccc4c3oc3ccccc34)nc(-c3cccc4c3oc3ccccc34)n2)CC=C1c1ccccc1. The van der Waals surface area contributed by atoms with Gasteiger partial charge in [0, 0.05) is 33.0 Å². The summed E-state index contributed by atoms with van der Waals surface area (Å²) >= 11 is 0. The maximum Gasteiger partial charge on any atom is 0.167 e. The Bertz CT molecular complexity index is 3040. The summed E-state index contributed by atoms with van der Waals surface area (Å²) in [7, 11) is 0. The van der Waals surface area contributed by atoms with Gasteiger partial charge in [0.05, 0.1) is 11.1 Å². The molecule has 0 bridgehead atoms. The van der Waals surface area contributed by atoms with Crippen LogP contribution in [-0.2, 0) is 0 Å². The van der Waals surface area contributed by atoms with Gasteiger partial charge >= 0.3 is 0 Å². The molecule has 5 nitrogen and oxygen atoms in total. The molecule has 264 valence electrons. The lowest BCUT2D eigenvalue weighted by Crippen LogP contribution is -2.06. The minimum absolute atomic E-state index is 0.0994. The third kappa shape index (κ3) is 5.44. The third-order valence-corrected chi connectivity index (χ3v) is 10.9. The first kappa shape index (κ1) is 32.1. The summed E-state index contributed by atoms with van der Waals surface area (Å²) in [5, 5.41) is 4.14. The highest BCUT2D eigenvalue weighted by Gasteiger charge is 2.24. The second kappa shape index (κ2) is 13.2. The van der Waals surface area contributed by atoms with Crippen LogP contribution in [0.1, 0.15) is 23.5 Å². The van der Waals surface area contributed by atoms with Gasteiger partial charge in [0.25, 0.3) is 0 Å². The van der Waals surface area contributed by atoms with Crippen LogP contribution in [0, 0.1) is 0 Å². The van der Waals surface area contributed by atoms with Gasteiger partial charge in [-0.05, 0) is 64.6 Å². The van der Waals surface area contributed by atoms with E-state index in [0.29, 0.717) is 17.5 Å². The molecule has 1 unspecified atom stereocenters. The zero-order valence-electron chi connectivity index (χ0n) is 30.3. The molecule has 0 spiro atoms. The predicted octanol–water partition coefficient (Wildman–Crippen LogP) is 13.5. The molecule has 7 aromatic carbocycles. The first-order valence-corrected chi connectivity index (χ1v) is 19.0. The van der Waals surface area contributed by atoms with E-state index in [1.165, 1.54) is 11.1 Å². The van der Waals surface area contributed by atoms with Gasteiger partial charge < -0.3 is 8.83 Å². The monoisotopic (exact) mass is 719 g/mol. The molecule has 1 atom stereocenters. The van der Waals surface area contributed by atoms with Crippen molar-refractivity contribution in [3.8, 4) is 45.3 Å². The molecule has 1 aliphatic rings. The van der Waals surface area contributed by atoms with Gasteiger partial charge in [0.2, 0.25) is 0 Å². The molecule has 3 aromatic heterocycles. The molecule has 11 rings (SSSR count). The van der Waals surface area contributed by atoms with E-state index >= 15 is 0 Å². The van der Waals surface area contributed by atoms with Crippen LogP contribution in [0.15, 0.2) is 191 Å². The second-order valence-corrected chi connectivity index (χ2v) is 14.3. The average molecular weight is 720 g/mol. The van der Waals surface area contributed by atoms with E-state index in [-0.39, 0.29) is 5.92 Å². The van der Waals surface area contributed by atoms with Crippen molar-refractivity contribution in [1.82, 2.24) is 15.0 Å². The Morgan fingerprint density at radius 1 is 0.429 bits per heavy atom. The second-order valence-electron chi connectivity index (χ2n) is 14.3. The van der Waals surface area contributed by atoms with Crippen LogP contribution in [0.3, 0.4) is 0 Å². The normalized spacial score (nSPS) is 14.2. The van der Waals surface area contributed by atoms with E-state index in [1.54, 1.807) is 0 Å². The topological polar surface area (TPSA) is 65.0 Å². The molecule has 0 aliphatic heterocycles. The molecule has 10 aromatic rings. The lowest BCUT2D eigenvalue weighted by atomic mass is 9.84. The number of para-hydroxylation sites is 4. The predicted molar refractivity (Wildman–Crippen MR) is 227 cm³/mol. The average Bonchev–Trinajstić information content (AvgIpc) is 3.86. The summed E-state index contributed by atoms with van der Waals surface area (Å²) in [5.41, 5.74) is 11.6. The van der Waals surface area contributed by atoms with Crippen LogP contribution in [0.25, 0.3) is 94.7 Å². The highest BCUT2D eigenvalue weighted by Crippen LogP contribution is 2.41. The molecular weight excluding hydrogens is 687 g/mol. The Labute approximate surface area is 322 Å². The van der Waals surface area contributed by atoms with Gasteiger partial charge in [-0.25, -0.2) is 15.0 Å². The number of rotatable bonds is 6. The van der Waals surface area contributed by atoms with Crippen LogP contribution in [-0.4, -0.2) is 15.0 Å². The summed E-state index contributed by atoms with van der Waals surface area (Å²) in [6.07, 6.45) is 7.75. The summed E-state index contributed by atoms with van der Waals surface area (Å²) in [4.78, 5) is 15.8. The van der Waals surface area contributed by atoms with Crippen LogP contribution < -0.4 is 0 Å².